The molecule has 2 rings (SSSR count). The van der Waals surface area contributed by atoms with Gasteiger partial charge in [0.15, 0.2) is 11.6 Å². The number of pyridine rings is 1. The molecule has 2 aromatic rings. The maximum Gasteiger partial charge on any atom is 0.246 e. The molecule has 0 atom stereocenters. The van der Waals surface area contributed by atoms with Gasteiger partial charge in [0.1, 0.15) is 10.7 Å². The first-order chi connectivity index (χ1) is 10.9. The van der Waals surface area contributed by atoms with Crippen molar-refractivity contribution in [3.05, 3.63) is 59.7 Å². The third-order valence-corrected chi connectivity index (χ3v) is 4.88. The molecule has 0 amide bonds. The van der Waals surface area contributed by atoms with Crippen LogP contribution in [0.15, 0.2) is 41.6 Å². The summed E-state index contributed by atoms with van der Waals surface area (Å²) in [6, 6.07) is 3.63. The largest absolute Gasteiger partial charge is 0.395 e. The third-order valence-electron chi connectivity index (χ3n) is 3.02. The fraction of sp³-hybridized carbons (Fsp3) is 0.214. The Balaban J connectivity index is 2.43. The predicted octanol–water partition coefficient (Wildman–Crippen LogP) is 1.68. The van der Waals surface area contributed by atoms with Gasteiger partial charge in [-0.25, -0.2) is 21.6 Å². The van der Waals surface area contributed by atoms with Crippen LogP contribution < -0.4 is 0 Å². The van der Waals surface area contributed by atoms with E-state index in [-0.39, 0.29) is 25.2 Å². The third kappa shape index (κ3) is 3.87. The zero-order valence-corrected chi connectivity index (χ0v) is 12.6. The van der Waals surface area contributed by atoms with E-state index in [1.165, 1.54) is 12.4 Å². The Morgan fingerprint density at radius 3 is 2.43 bits per heavy atom. The molecule has 9 heteroatoms. The molecule has 0 bridgehead atoms. The lowest BCUT2D eigenvalue weighted by Gasteiger charge is -2.21. The number of halogens is 3. The van der Waals surface area contributed by atoms with E-state index in [0.717, 1.165) is 4.31 Å². The summed E-state index contributed by atoms with van der Waals surface area (Å²) in [5, 5.41) is 9.04. The Morgan fingerprint density at radius 2 is 1.83 bits per heavy atom. The lowest BCUT2D eigenvalue weighted by Crippen LogP contribution is -2.33. The van der Waals surface area contributed by atoms with Gasteiger partial charge in [-0.2, -0.15) is 4.31 Å². The van der Waals surface area contributed by atoms with E-state index in [1.54, 1.807) is 12.1 Å². The van der Waals surface area contributed by atoms with Crippen LogP contribution in [0.5, 0.6) is 0 Å². The van der Waals surface area contributed by atoms with Gasteiger partial charge in [0.2, 0.25) is 10.0 Å². The molecule has 0 radical (unpaired) electrons. The summed E-state index contributed by atoms with van der Waals surface area (Å²) in [6.45, 7) is -1.06. The molecule has 0 saturated carbocycles. The number of aromatic nitrogens is 1. The number of benzene rings is 1. The van der Waals surface area contributed by atoms with Crippen molar-refractivity contribution in [3.63, 3.8) is 0 Å². The summed E-state index contributed by atoms with van der Waals surface area (Å²) in [7, 11) is -4.47. The fourth-order valence-corrected chi connectivity index (χ4v) is 3.41. The number of aliphatic hydroxyl groups is 1. The number of rotatable bonds is 6. The predicted molar refractivity (Wildman–Crippen MR) is 75.2 cm³/mol. The number of sulfonamides is 1. The van der Waals surface area contributed by atoms with E-state index in [0.29, 0.717) is 5.56 Å². The number of aliphatic hydroxyl groups excluding tert-OH is 1. The van der Waals surface area contributed by atoms with Crippen molar-refractivity contribution in [1.29, 1.82) is 0 Å². The van der Waals surface area contributed by atoms with Crippen molar-refractivity contribution in [2.24, 2.45) is 0 Å². The molecule has 0 aliphatic heterocycles. The van der Waals surface area contributed by atoms with Gasteiger partial charge in [0.25, 0.3) is 0 Å². The highest BCUT2D eigenvalue weighted by atomic mass is 32.2. The SMILES string of the molecule is O=S(=O)(c1cc(F)c(F)cc1F)N(CCO)Cc1cccnc1. The molecule has 1 aromatic carbocycles. The number of nitrogens with zero attached hydrogens (tertiary/aromatic N) is 2. The fourth-order valence-electron chi connectivity index (χ4n) is 1.93. The topological polar surface area (TPSA) is 70.5 Å². The van der Waals surface area contributed by atoms with Crippen LogP contribution in [-0.2, 0) is 16.6 Å². The van der Waals surface area contributed by atoms with E-state index in [4.69, 9.17) is 5.11 Å². The first kappa shape index (κ1) is 17.4. The average Bonchev–Trinajstić information content (AvgIpc) is 2.51. The Hall–Kier alpha value is -1.97. The summed E-state index contributed by atoms with van der Waals surface area (Å²) < 4.78 is 65.7. The van der Waals surface area contributed by atoms with Gasteiger partial charge in [0.05, 0.1) is 6.61 Å². The zero-order chi connectivity index (χ0) is 17.0. The summed E-state index contributed by atoms with van der Waals surface area (Å²) in [6.07, 6.45) is 2.89. The summed E-state index contributed by atoms with van der Waals surface area (Å²) in [5.41, 5.74) is 0.493. The van der Waals surface area contributed by atoms with Crippen LogP contribution in [0.25, 0.3) is 0 Å². The number of hydrogen-bond acceptors (Lipinski definition) is 4. The van der Waals surface area contributed by atoms with E-state index >= 15 is 0 Å². The molecule has 1 aromatic heterocycles. The lowest BCUT2D eigenvalue weighted by molar-refractivity contribution is 0.250. The molecule has 0 saturated heterocycles. The molecule has 5 nitrogen and oxygen atoms in total. The van der Waals surface area contributed by atoms with Crippen LogP contribution >= 0.6 is 0 Å². The maximum absolute atomic E-state index is 13.8. The summed E-state index contributed by atoms with van der Waals surface area (Å²) >= 11 is 0. The monoisotopic (exact) mass is 346 g/mol. The molecule has 23 heavy (non-hydrogen) atoms. The van der Waals surface area contributed by atoms with Gasteiger partial charge >= 0.3 is 0 Å². The molecule has 0 aliphatic carbocycles. The smallest absolute Gasteiger partial charge is 0.246 e. The highest BCUT2D eigenvalue weighted by Crippen LogP contribution is 2.23. The highest BCUT2D eigenvalue weighted by molar-refractivity contribution is 7.89. The standard InChI is InChI=1S/C14H13F3N2O3S/c15-11-6-13(17)14(7-12(11)16)23(21,22)19(4-5-20)9-10-2-1-3-18-8-10/h1-3,6-8,20H,4-5,9H2. The Labute approximate surface area is 131 Å². The minimum absolute atomic E-state index is 0.170. The van der Waals surface area contributed by atoms with E-state index in [2.05, 4.69) is 4.98 Å². The number of hydrogen-bond donors (Lipinski definition) is 1. The molecule has 124 valence electrons. The minimum atomic E-state index is -4.47. The average molecular weight is 346 g/mol. The normalized spacial score (nSPS) is 11.9. The van der Waals surface area contributed by atoms with E-state index in [1.807, 2.05) is 0 Å². The molecule has 0 aliphatic rings. The van der Waals surface area contributed by atoms with E-state index < -0.39 is 39.0 Å². The first-order valence-corrected chi connectivity index (χ1v) is 7.94. The van der Waals surface area contributed by atoms with Crippen LogP contribution in [0.1, 0.15) is 5.56 Å². The molecular weight excluding hydrogens is 333 g/mol. The molecule has 1 N–H and O–H groups in total. The van der Waals surface area contributed by atoms with Crippen LogP contribution in [0.3, 0.4) is 0 Å². The zero-order valence-electron chi connectivity index (χ0n) is 11.8. The quantitative estimate of drug-likeness (QED) is 0.808. The van der Waals surface area contributed by atoms with Gasteiger partial charge in [-0.1, -0.05) is 6.07 Å². The minimum Gasteiger partial charge on any atom is -0.395 e. The van der Waals surface area contributed by atoms with Crippen molar-refractivity contribution in [2.75, 3.05) is 13.2 Å². The van der Waals surface area contributed by atoms with Crippen LogP contribution in [0.2, 0.25) is 0 Å². The van der Waals surface area contributed by atoms with Crippen LogP contribution in [0.4, 0.5) is 13.2 Å². The highest BCUT2D eigenvalue weighted by Gasteiger charge is 2.29. The molecule has 0 fully saturated rings. The van der Waals surface area contributed by atoms with E-state index in [9.17, 15) is 21.6 Å². The molecular formula is C14H13F3N2O3S. The summed E-state index contributed by atoms with van der Waals surface area (Å²) in [5.74, 6) is -4.37. The second-order valence-electron chi connectivity index (χ2n) is 4.62. The maximum atomic E-state index is 13.8. The van der Waals surface area contributed by atoms with Crippen molar-refractivity contribution in [3.8, 4) is 0 Å². The molecule has 0 spiro atoms. The van der Waals surface area contributed by atoms with Gasteiger partial charge in [-0.15, -0.1) is 0 Å². The van der Waals surface area contributed by atoms with Crippen molar-refractivity contribution in [1.82, 2.24) is 9.29 Å². The second-order valence-corrected chi connectivity index (χ2v) is 6.53. The van der Waals surface area contributed by atoms with Crippen molar-refractivity contribution in [2.45, 2.75) is 11.4 Å². The molecule has 0 unspecified atom stereocenters. The first-order valence-electron chi connectivity index (χ1n) is 6.50. The van der Waals surface area contributed by atoms with Gasteiger partial charge in [-0.3, -0.25) is 4.98 Å². The van der Waals surface area contributed by atoms with Gasteiger partial charge in [-0.05, 0) is 17.7 Å². The lowest BCUT2D eigenvalue weighted by atomic mass is 10.3. The Kier molecular flexibility index (Phi) is 5.34. The van der Waals surface area contributed by atoms with Gasteiger partial charge in [0, 0.05) is 31.5 Å². The van der Waals surface area contributed by atoms with Crippen LogP contribution in [0, 0.1) is 17.5 Å². The summed E-state index contributed by atoms with van der Waals surface area (Å²) in [4.78, 5) is 2.84. The Morgan fingerprint density at radius 1 is 1.13 bits per heavy atom. The second kappa shape index (κ2) is 7.07. The van der Waals surface area contributed by atoms with Gasteiger partial charge < -0.3 is 5.11 Å². The molecule has 1 heterocycles. The van der Waals surface area contributed by atoms with Crippen LogP contribution in [-0.4, -0.2) is 36.0 Å². The van der Waals surface area contributed by atoms with Crippen molar-refractivity contribution >= 4 is 10.0 Å². The Bertz CT molecular complexity index is 785. The van der Waals surface area contributed by atoms with Crippen molar-refractivity contribution < 1.29 is 26.7 Å².